The van der Waals surface area contributed by atoms with E-state index in [4.69, 9.17) is 4.74 Å². The van der Waals surface area contributed by atoms with E-state index in [1.54, 1.807) is 6.92 Å². The molecule has 0 aromatic rings. The Kier molecular flexibility index (Phi) is 4.43. The Morgan fingerprint density at radius 2 is 2.00 bits per heavy atom. The second kappa shape index (κ2) is 5.38. The molecule has 0 amide bonds. The van der Waals surface area contributed by atoms with Gasteiger partial charge in [-0.1, -0.05) is 26.2 Å². The first kappa shape index (κ1) is 10.7. The summed E-state index contributed by atoms with van der Waals surface area (Å²) >= 11 is 0. The molecular formula is C11H20O2. The lowest BCUT2D eigenvalue weighted by molar-refractivity contribution is -0.133. The van der Waals surface area contributed by atoms with Crippen molar-refractivity contribution in [1.82, 2.24) is 0 Å². The van der Waals surface area contributed by atoms with Gasteiger partial charge in [0.1, 0.15) is 6.10 Å². The molecule has 0 bridgehead atoms. The van der Waals surface area contributed by atoms with E-state index < -0.39 is 0 Å². The van der Waals surface area contributed by atoms with Crippen molar-refractivity contribution < 1.29 is 9.53 Å². The molecule has 2 nitrogen and oxygen atoms in total. The number of rotatable bonds is 4. The number of ketones is 1. The molecule has 1 aliphatic rings. The number of ether oxygens (including phenoxy) is 1. The van der Waals surface area contributed by atoms with Crippen LogP contribution in [0, 0.1) is 0 Å². The van der Waals surface area contributed by atoms with Crippen LogP contribution in [0.1, 0.15) is 52.4 Å². The maximum Gasteiger partial charge on any atom is 0.158 e. The summed E-state index contributed by atoms with van der Waals surface area (Å²) in [5, 5.41) is 0. The average molecular weight is 184 g/mol. The Morgan fingerprint density at radius 1 is 1.38 bits per heavy atom. The molecule has 0 aliphatic heterocycles. The third kappa shape index (κ3) is 3.47. The minimum Gasteiger partial charge on any atom is -0.367 e. The van der Waals surface area contributed by atoms with Crippen LogP contribution in [0.5, 0.6) is 0 Å². The molecule has 0 spiro atoms. The fourth-order valence-electron chi connectivity index (χ4n) is 1.91. The molecule has 0 aromatic carbocycles. The molecule has 2 heteroatoms. The van der Waals surface area contributed by atoms with Gasteiger partial charge in [0.05, 0.1) is 6.10 Å². The molecule has 0 saturated heterocycles. The van der Waals surface area contributed by atoms with Gasteiger partial charge in [0.2, 0.25) is 0 Å². The lowest BCUT2D eigenvalue weighted by Crippen LogP contribution is -2.28. The SMILES string of the molecule is CC[C@@H](OC1CCCCC1)C(C)=O. The Labute approximate surface area is 80.7 Å². The van der Waals surface area contributed by atoms with Crippen LogP contribution in [0.25, 0.3) is 0 Å². The van der Waals surface area contributed by atoms with Gasteiger partial charge < -0.3 is 4.74 Å². The van der Waals surface area contributed by atoms with Crippen molar-refractivity contribution in [1.29, 1.82) is 0 Å². The topological polar surface area (TPSA) is 26.3 Å². The van der Waals surface area contributed by atoms with Gasteiger partial charge in [0.25, 0.3) is 0 Å². The van der Waals surface area contributed by atoms with Gasteiger partial charge in [-0.15, -0.1) is 0 Å². The van der Waals surface area contributed by atoms with Crippen molar-refractivity contribution in [2.75, 3.05) is 0 Å². The van der Waals surface area contributed by atoms with Crippen molar-refractivity contribution >= 4 is 5.78 Å². The van der Waals surface area contributed by atoms with Crippen LogP contribution in [0.3, 0.4) is 0 Å². The van der Waals surface area contributed by atoms with Crippen molar-refractivity contribution in [3.63, 3.8) is 0 Å². The lowest BCUT2D eigenvalue weighted by atomic mass is 9.97. The first-order chi connectivity index (χ1) is 6.24. The molecule has 0 N–H and O–H groups in total. The Hall–Kier alpha value is -0.370. The Morgan fingerprint density at radius 3 is 2.46 bits per heavy atom. The minimum absolute atomic E-state index is 0.150. The van der Waals surface area contributed by atoms with Crippen molar-refractivity contribution in [2.45, 2.75) is 64.6 Å². The monoisotopic (exact) mass is 184 g/mol. The van der Waals surface area contributed by atoms with Gasteiger partial charge in [0.15, 0.2) is 5.78 Å². The van der Waals surface area contributed by atoms with Crippen LogP contribution in [0.4, 0.5) is 0 Å². The van der Waals surface area contributed by atoms with E-state index in [9.17, 15) is 4.79 Å². The van der Waals surface area contributed by atoms with Crippen LogP contribution in [-0.4, -0.2) is 18.0 Å². The molecular weight excluding hydrogens is 164 g/mol. The molecule has 0 unspecified atom stereocenters. The van der Waals surface area contributed by atoms with Crippen LogP contribution in [-0.2, 0) is 9.53 Å². The van der Waals surface area contributed by atoms with E-state index in [1.165, 1.54) is 19.3 Å². The molecule has 13 heavy (non-hydrogen) atoms. The van der Waals surface area contributed by atoms with E-state index in [1.807, 2.05) is 6.92 Å². The van der Waals surface area contributed by atoms with E-state index >= 15 is 0 Å². The number of hydrogen-bond acceptors (Lipinski definition) is 2. The molecule has 1 rings (SSSR count). The zero-order valence-electron chi connectivity index (χ0n) is 8.71. The molecule has 1 fully saturated rings. The van der Waals surface area contributed by atoms with Gasteiger partial charge in [0, 0.05) is 0 Å². The first-order valence-corrected chi connectivity index (χ1v) is 5.40. The predicted molar refractivity (Wildman–Crippen MR) is 52.7 cm³/mol. The Balaban J connectivity index is 2.31. The zero-order valence-corrected chi connectivity index (χ0v) is 8.71. The highest BCUT2D eigenvalue weighted by Gasteiger charge is 2.20. The fraction of sp³-hybridized carbons (Fsp3) is 0.909. The number of Topliss-reactive ketones (excluding diaryl/α,β-unsaturated/α-hetero) is 1. The maximum atomic E-state index is 11.1. The van der Waals surface area contributed by atoms with Gasteiger partial charge in [-0.3, -0.25) is 4.79 Å². The highest BCUT2D eigenvalue weighted by molar-refractivity contribution is 5.80. The highest BCUT2D eigenvalue weighted by Crippen LogP contribution is 2.22. The fourth-order valence-corrected chi connectivity index (χ4v) is 1.91. The quantitative estimate of drug-likeness (QED) is 0.671. The summed E-state index contributed by atoms with van der Waals surface area (Å²) in [6.07, 6.45) is 7.15. The smallest absolute Gasteiger partial charge is 0.158 e. The van der Waals surface area contributed by atoms with Crippen molar-refractivity contribution in [2.24, 2.45) is 0 Å². The summed E-state index contributed by atoms with van der Waals surface area (Å²) in [5.74, 6) is 0.174. The van der Waals surface area contributed by atoms with E-state index in [2.05, 4.69) is 0 Å². The minimum atomic E-state index is -0.150. The molecule has 76 valence electrons. The van der Waals surface area contributed by atoms with E-state index in [0.29, 0.717) is 6.10 Å². The van der Waals surface area contributed by atoms with Gasteiger partial charge in [-0.2, -0.15) is 0 Å². The van der Waals surface area contributed by atoms with E-state index in [0.717, 1.165) is 19.3 Å². The summed E-state index contributed by atoms with van der Waals surface area (Å²) in [6.45, 7) is 3.63. The summed E-state index contributed by atoms with van der Waals surface area (Å²) in [4.78, 5) is 11.1. The van der Waals surface area contributed by atoms with Crippen LogP contribution in [0.15, 0.2) is 0 Å². The average Bonchev–Trinajstić information content (AvgIpc) is 2.15. The number of carbonyl (C=O) groups is 1. The van der Waals surface area contributed by atoms with Crippen LogP contribution < -0.4 is 0 Å². The second-order valence-electron chi connectivity index (χ2n) is 3.90. The first-order valence-electron chi connectivity index (χ1n) is 5.40. The van der Waals surface area contributed by atoms with Gasteiger partial charge in [-0.05, 0) is 26.2 Å². The van der Waals surface area contributed by atoms with Crippen LogP contribution in [0.2, 0.25) is 0 Å². The molecule has 0 aromatic heterocycles. The van der Waals surface area contributed by atoms with Gasteiger partial charge in [-0.25, -0.2) is 0 Å². The summed E-state index contributed by atoms with van der Waals surface area (Å²) in [5.41, 5.74) is 0. The largest absolute Gasteiger partial charge is 0.367 e. The number of carbonyl (C=O) groups excluding carboxylic acids is 1. The summed E-state index contributed by atoms with van der Waals surface area (Å²) < 4.78 is 5.75. The standard InChI is InChI=1S/C11H20O2/c1-3-11(9(2)12)13-10-7-5-4-6-8-10/h10-11H,3-8H2,1-2H3/t11-/m1/s1. The van der Waals surface area contributed by atoms with Crippen molar-refractivity contribution in [3.05, 3.63) is 0 Å². The van der Waals surface area contributed by atoms with E-state index in [-0.39, 0.29) is 11.9 Å². The third-order valence-corrected chi connectivity index (χ3v) is 2.73. The lowest BCUT2D eigenvalue weighted by Gasteiger charge is -2.25. The normalized spacial score (nSPS) is 21.4. The molecule has 0 radical (unpaired) electrons. The van der Waals surface area contributed by atoms with Crippen LogP contribution >= 0.6 is 0 Å². The van der Waals surface area contributed by atoms with Gasteiger partial charge >= 0.3 is 0 Å². The van der Waals surface area contributed by atoms with Crippen molar-refractivity contribution in [3.8, 4) is 0 Å². The summed E-state index contributed by atoms with van der Waals surface area (Å²) in [6, 6.07) is 0. The highest BCUT2D eigenvalue weighted by atomic mass is 16.5. The number of hydrogen-bond donors (Lipinski definition) is 0. The predicted octanol–water partition coefficient (Wildman–Crippen LogP) is 2.70. The third-order valence-electron chi connectivity index (χ3n) is 2.73. The maximum absolute atomic E-state index is 11.1. The molecule has 1 atom stereocenters. The molecule has 1 aliphatic carbocycles. The molecule has 0 heterocycles. The summed E-state index contributed by atoms with van der Waals surface area (Å²) in [7, 11) is 0. The molecule has 1 saturated carbocycles. The Bertz CT molecular complexity index is 159. The second-order valence-corrected chi connectivity index (χ2v) is 3.90. The zero-order chi connectivity index (χ0) is 9.68.